The second kappa shape index (κ2) is 7.33. The zero-order chi connectivity index (χ0) is 17.1. The van der Waals surface area contributed by atoms with Crippen LogP contribution in [0.15, 0.2) is 35.8 Å². The van der Waals surface area contributed by atoms with E-state index in [1.165, 1.54) is 17.8 Å². The van der Waals surface area contributed by atoms with E-state index < -0.39 is 0 Å². The number of rotatable bonds is 5. The van der Waals surface area contributed by atoms with Crippen molar-refractivity contribution in [2.45, 2.75) is 19.3 Å². The Morgan fingerprint density at radius 3 is 3.16 bits per heavy atom. The summed E-state index contributed by atoms with van der Waals surface area (Å²) >= 11 is 1.44. The number of piperidine rings is 1. The third kappa shape index (κ3) is 4.05. The molecular weight excluding hydrogens is 334 g/mol. The SMILES string of the molecule is O=C(CN1CCCC(Cc2nc3ccccc3[nH]2)C1)Nc1nccs1. The van der Waals surface area contributed by atoms with Gasteiger partial charge >= 0.3 is 0 Å². The Morgan fingerprint density at radius 2 is 2.32 bits per heavy atom. The molecule has 1 aliphatic rings. The van der Waals surface area contributed by atoms with Crippen LogP contribution in [0.4, 0.5) is 5.13 Å². The number of nitrogens with one attached hydrogen (secondary N) is 2. The molecule has 1 aliphatic heterocycles. The molecule has 1 aromatic carbocycles. The van der Waals surface area contributed by atoms with Crippen molar-refractivity contribution < 1.29 is 4.79 Å². The molecule has 4 rings (SSSR count). The molecule has 1 fully saturated rings. The first-order valence-corrected chi connectivity index (χ1v) is 9.49. The molecule has 1 saturated heterocycles. The molecule has 130 valence electrons. The second-order valence-electron chi connectivity index (χ2n) is 6.53. The number of hydrogen-bond donors (Lipinski definition) is 2. The molecule has 2 aromatic heterocycles. The summed E-state index contributed by atoms with van der Waals surface area (Å²) in [6.07, 6.45) is 4.93. The summed E-state index contributed by atoms with van der Waals surface area (Å²) in [5.74, 6) is 1.58. The Balaban J connectivity index is 1.33. The van der Waals surface area contributed by atoms with Crippen molar-refractivity contribution in [1.82, 2.24) is 19.9 Å². The summed E-state index contributed by atoms with van der Waals surface area (Å²) in [6.45, 7) is 2.33. The molecule has 3 aromatic rings. The van der Waals surface area contributed by atoms with E-state index in [4.69, 9.17) is 0 Å². The highest BCUT2D eigenvalue weighted by molar-refractivity contribution is 7.13. The number of amides is 1. The lowest BCUT2D eigenvalue weighted by Crippen LogP contribution is -2.41. The number of imidazole rings is 1. The smallest absolute Gasteiger partial charge is 0.240 e. The standard InChI is InChI=1S/C18H21N5OS/c24-17(22-18-19-7-9-25-18)12-23-8-3-4-13(11-23)10-16-20-14-5-1-2-6-15(14)21-16/h1-2,5-7,9,13H,3-4,8,10-12H2,(H,20,21)(H,19,22,24). The van der Waals surface area contributed by atoms with Crippen molar-refractivity contribution in [2.75, 3.05) is 25.0 Å². The minimum atomic E-state index is 0.0133. The molecule has 2 N–H and O–H groups in total. The Bertz CT molecular complexity index is 811. The van der Waals surface area contributed by atoms with Gasteiger partial charge < -0.3 is 10.3 Å². The van der Waals surface area contributed by atoms with Crippen LogP contribution in [0.1, 0.15) is 18.7 Å². The van der Waals surface area contributed by atoms with Gasteiger partial charge in [-0.25, -0.2) is 9.97 Å². The Kier molecular flexibility index (Phi) is 4.76. The molecule has 0 radical (unpaired) electrons. The number of carbonyl (C=O) groups excluding carboxylic acids is 1. The number of thiazole rings is 1. The summed E-state index contributed by atoms with van der Waals surface area (Å²) in [5, 5.41) is 5.39. The average molecular weight is 355 g/mol. The molecule has 0 aliphatic carbocycles. The molecule has 0 bridgehead atoms. The predicted octanol–water partition coefficient (Wildman–Crippen LogP) is 2.91. The van der Waals surface area contributed by atoms with Crippen LogP contribution in [-0.4, -0.2) is 45.4 Å². The quantitative estimate of drug-likeness (QED) is 0.738. The van der Waals surface area contributed by atoms with Gasteiger partial charge in [-0.3, -0.25) is 9.69 Å². The van der Waals surface area contributed by atoms with Crippen LogP contribution >= 0.6 is 11.3 Å². The normalized spacial score (nSPS) is 18.5. The minimum Gasteiger partial charge on any atom is -0.342 e. The summed E-state index contributed by atoms with van der Waals surface area (Å²) in [7, 11) is 0. The molecular formula is C18H21N5OS. The first-order chi connectivity index (χ1) is 12.3. The topological polar surface area (TPSA) is 73.9 Å². The van der Waals surface area contributed by atoms with Crippen molar-refractivity contribution in [3.63, 3.8) is 0 Å². The summed E-state index contributed by atoms with van der Waals surface area (Å²) in [6, 6.07) is 8.12. The third-order valence-corrected chi connectivity index (χ3v) is 5.26. The number of likely N-dealkylation sites (tertiary alicyclic amines) is 1. The molecule has 1 amide bonds. The number of fused-ring (bicyclic) bond motifs is 1. The van der Waals surface area contributed by atoms with Crippen molar-refractivity contribution in [2.24, 2.45) is 5.92 Å². The van der Waals surface area contributed by atoms with E-state index in [1.807, 2.05) is 23.6 Å². The maximum Gasteiger partial charge on any atom is 0.240 e. The largest absolute Gasteiger partial charge is 0.342 e. The van der Waals surface area contributed by atoms with Gasteiger partial charge in [0.15, 0.2) is 5.13 Å². The number of benzene rings is 1. The lowest BCUT2D eigenvalue weighted by molar-refractivity contribution is -0.117. The van der Waals surface area contributed by atoms with E-state index in [2.05, 4.69) is 31.2 Å². The number of anilines is 1. The van der Waals surface area contributed by atoms with Gasteiger partial charge in [0, 0.05) is 24.5 Å². The zero-order valence-electron chi connectivity index (χ0n) is 13.9. The molecule has 0 saturated carbocycles. The number of aromatic nitrogens is 3. The average Bonchev–Trinajstić information content (AvgIpc) is 3.23. The minimum absolute atomic E-state index is 0.0133. The Morgan fingerprint density at radius 1 is 1.40 bits per heavy atom. The van der Waals surface area contributed by atoms with Crippen LogP contribution in [-0.2, 0) is 11.2 Å². The number of para-hydroxylation sites is 2. The van der Waals surface area contributed by atoms with Crippen LogP contribution in [0.5, 0.6) is 0 Å². The zero-order valence-corrected chi connectivity index (χ0v) is 14.8. The maximum atomic E-state index is 12.2. The van der Waals surface area contributed by atoms with Gasteiger partial charge in [-0.2, -0.15) is 0 Å². The van der Waals surface area contributed by atoms with Crippen LogP contribution in [0.25, 0.3) is 11.0 Å². The number of carbonyl (C=O) groups is 1. The molecule has 3 heterocycles. The lowest BCUT2D eigenvalue weighted by atomic mass is 9.94. The van der Waals surface area contributed by atoms with Gasteiger partial charge in [-0.15, -0.1) is 11.3 Å². The highest BCUT2D eigenvalue weighted by Gasteiger charge is 2.23. The Labute approximate surface area is 150 Å². The molecule has 25 heavy (non-hydrogen) atoms. The first kappa shape index (κ1) is 16.2. The van der Waals surface area contributed by atoms with Crippen molar-refractivity contribution in [3.05, 3.63) is 41.7 Å². The van der Waals surface area contributed by atoms with Crippen LogP contribution in [0.2, 0.25) is 0 Å². The van der Waals surface area contributed by atoms with E-state index in [0.717, 1.165) is 42.8 Å². The molecule has 0 spiro atoms. The number of hydrogen-bond acceptors (Lipinski definition) is 5. The molecule has 1 atom stereocenters. The highest BCUT2D eigenvalue weighted by atomic mass is 32.1. The monoisotopic (exact) mass is 355 g/mol. The fourth-order valence-corrected chi connectivity index (χ4v) is 4.03. The lowest BCUT2D eigenvalue weighted by Gasteiger charge is -2.31. The van der Waals surface area contributed by atoms with Crippen molar-refractivity contribution in [1.29, 1.82) is 0 Å². The second-order valence-corrected chi connectivity index (χ2v) is 7.43. The van der Waals surface area contributed by atoms with Crippen LogP contribution in [0, 0.1) is 5.92 Å². The van der Waals surface area contributed by atoms with Gasteiger partial charge in [-0.1, -0.05) is 12.1 Å². The van der Waals surface area contributed by atoms with Gasteiger partial charge in [0.25, 0.3) is 0 Å². The van der Waals surface area contributed by atoms with Gasteiger partial charge in [0.1, 0.15) is 5.82 Å². The fraction of sp³-hybridized carbons (Fsp3) is 0.389. The van der Waals surface area contributed by atoms with Crippen LogP contribution in [0.3, 0.4) is 0 Å². The highest BCUT2D eigenvalue weighted by Crippen LogP contribution is 2.21. The van der Waals surface area contributed by atoms with E-state index in [-0.39, 0.29) is 5.91 Å². The van der Waals surface area contributed by atoms with E-state index >= 15 is 0 Å². The van der Waals surface area contributed by atoms with Gasteiger partial charge in [0.2, 0.25) is 5.91 Å². The van der Waals surface area contributed by atoms with E-state index in [9.17, 15) is 4.79 Å². The van der Waals surface area contributed by atoms with Crippen LogP contribution < -0.4 is 5.32 Å². The molecule has 6 nitrogen and oxygen atoms in total. The van der Waals surface area contributed by atoms with E-state index in [0.29, 0.717) is 17.6 Å². The molecule has 1 unspecified atom stereocenters. The summed E-state index contributed by atoms with van der Waals surface area (Å²) in [4.78, 5) is 26.6. The summed E-state index contributed by atoms with van der Waals surface area (Å²) in [5.41, 5.74) is 2.11. The van der Waals surface area contributed by atoms with Crippen molar-refractivity contribution in [3.8, 4) is 0 Å². The first-order valence-electron chi connectivity index (χ1n) is 8.61. The van der Waals surface area contributed by atoms with Crippen molar-refractivity contribution >= 4 is 33.4 Å². The predicted molar refractivity (Wildman–Crippen MR) is 99.7 cm³/mol. The number of H-pyrrole nitrogens is 1. The third-order valence-electron chi connectivity index (χ3n) is 4.57. The molecule has 7 heteroatoms. The Hall–Kier alpha value is -2.25. The maximum absolute atomic E-state index is 12.2. The fourth-order valence-electron chi connectivity index (χ4n) is 3.48. The van der Waals surface area contributed by atoms with E-state index in [1.54, 1.807) is 6.20 Å². The number of aromatic amines is 1. The number of nitrogens with zero attached hydrogens (tertiary/aromatic N) is 3. The van der Waals surface area contributed by atoms with Gasteiger partial charge in [0.05, 0.1) is 17.6 Å². The van der Waals surface area contributed by atoms with Gasteiger partial charge in [-0.05, 0) is 37.4 Å². The summed E-state index contributed by atoms with van der Waals surface area (Å²) < 4.78 is 0.